The van der Waals surface area contributed by atoms with Gasteiger partial charge in [0, 0.05) is 43.6 Å². The van der Waals surface area contributed by atoms with Crippen LogP contribution in [0.5, 0.6) is 0 Å². The van der Waals surface area contributed by atoms with Gasteiger partial charge in [-0.15, -0.1) is 0 Å². The van der Waals surface area contributed by atoms with E-state index in [1.165, 1.54) is 18.5 Å². The van der Waals surface area contributed by atoms with Crippen LogP contribution < -0.4 is 10.2 Å². The van der Waals surface area contributed by atoms with E-state index >= 15 is 0 Å². The van der Waals surface area contributed by atoms with Gasteiger partial charge in [0.15, 0.2) is 0 Å². The second-order valence-electron chi connectivity index (χ2n) is 5.20. The lowest BCUT2D eigenvalue weighted by atomic mass is 10.2. The summed E-state index contributed by atoms with van der Waals surface area (Å²) < 4.78 is 26.5. The fraction of sp³-hybridized carbons (Fsp3) is 0.615. The number of nitrogens with zero attached hydrogens (tertiary/aromatic N) is 1. The van der Waals surface area contributed by atoms with Gasteiger partial charge < -0.3 is 4.98 Å². The first-order chi connectivity index (χ1) is 9.25. The fourth-order valence-electron chi connectivity index (χ4n) is 2.11. The molecule has 1 aromatic rings. The molecular formula is C13H23N3O3S. The van der Waals surface area contributed by atoms with Gasteiger partial charge in [0.25, 0.3) is 0 Å². The molecule has 0 aromatic carbocycles. The number of aromatic nitrogens is 1. The average Bonchev–Trinajstić information content (AvgIpc) is 2.34. The minimum absolute atomic E-state index is 0.249. The summed E-state index contributed by atoms with van der Waals surface area (Å²) in [6.45, 7) is 9.13. The van der Waals surface area contributed by atoms with Crippen LogP contribution in [0.1, 0.15) is 27.7 Å². The summed E-state index contributed by atoms with van der Waals surface area (Å²) in [7, 11) is -3.76. The van der Waals surface area contributed by atoms with E-state index in [9.17, 15) is 13.2 Å². The third-order valence-corrected chi connectivity index (χ3v) is 4.55. The van der Waals surface area contributed by atoms with Gasteiger partial charge in [0.1, 0.15) is 4.90 Å². The van der Waals surface area contributed by atoms with Gasteiger partial charge in [0.05, 0.1) is 0 Å². The Morgan fingerprint density at radius 2 is 1.85 bits per heavy atom. The number of nitrogens with one attached hydrogen (secondary N) is 2. The van der Waals surface area contributed by atoms with Gasteiger partial charge in [0.2, 0.25) is 15.5 Å². The van der Waals surface area contributed by atoms with Crippen LogP contribution in [-0.2, 0) is 10.0 Å². The van der Waals surface area contributed by atoms with E-state index < -0.39 is 15.5 Å². The molecule has 114 valence electrons. The number of hydrogen-bond acceptors (Lipinski definition) is 4. The summed E-state index contributed by atoms with van der Waals surface area (Å²) in [5, 5.41) is 0. The molecule has 20 heavy (non-hydrogen) atoms. The lowest BCUT2D eigenvalue weighted by Gasteiger charge is -2.30. The molecule has 0 aliphatic rings. The SMILES string of the molecule is CC(C)N(CCNS(=O)(=O)c1c[nH]ccc1=O)C(C)C. The highest BCUT2D eigenvalue weighted by Gasteiger charge is 2.18. The van der Waals surface area contributed by atoms with Crippen molar-refractivity contribution in [1.29, 1.82) is 0 Å². The van der Waals surface area contributed by atoms with Crippen LogP contribution in [-0.4, -0.2) is 43.5 Å². The first-order valence-corrected chi connectivity index (χ1v) is 8.16. The van der Waals surface area contributed by atoms with E-state index in [1.54, 1.807) is 0 Å². The average molecular weight is 301 g/mol. The molecule has 0 atom stereocenters. The van der Waals surface area contributed by atoms with Gasteiger partial charge >= 0.3 is 0 Å². The van der Waals surface area contributed by atoms with Crippen molar-refractivity contribution in [3.05, 3.63) is 28.7 Å². The number of rotatable bonds is 7. The molecule has 0 fully saturated rings. The molecule has 2 N–H and O–H groups in total. The summed E-state index contributed by atoms with van der Waals surface area (Å²) >= 11 is 0. The Hall–Kier alpha value is -1.18. The van der Waals surface area contributed by atoms with Crippen molar-refractivity contribution in [1.82, 2.24) is 14.6 Å². The molecule has 0 bridgehead atoms. The van der Waals surface area contributed by atoms with Gasteiger partial charge in [-0.25, -0.2) is 13.1 Å². The van der Waals surface area contributed by atoms with Crippen molar-refractivity contribution >= 4 is 10.0 Å². The maximum atomic E-state index is 12.0. The molecule has 0 saturated carbocycles. The zero-order valence-electron chi connectivity index (χ0n) is 12.4. The second-order valence-corrected chi connectivity index (χ2v) is 6.93. The van der Waals surface area contributed by atoms with Crippen molar-refractivity contribution in [2.24, 2.45) is 0 Å². The van der Waals surface area contributed by atoms with E-state index in [0.717, 1.165) is 0 Å². The molecule has 0 saturated heterocycles. The largest absolute Gasteiger partial charge is 0.366 e. The van der Waals surface area contributed by atoms with E-state index in [2.05, 4.69) is 42.3 Å². The fourth-order valence-corrected chi connectivity index (χ4v) is 3.18. The maximum absolute atomic E-state index is 12.0. The zero-order chi connectivity index (χ0) is 15.3. The molecule has 0 radical (unpaired) electrons. The van der Waals surface area contributed by atoms with E-state index in [1.807, 2.05) is 0 Å². The highest BCUT2D eigenvalue weighted by Crippen LogP contribution is 2.04. The van der Waals surface area contributed by atoms with Crippen molar-refractivity contribution in [3.63, 3.8) is 0 Å². The molecule has 1 aromatic heterocycles. The van der Waals surface area contributed by atoms with Gasteiger partial charge in [-0.3, -0.25) is 9.69 Å². The highest BCUT2D eigenvalue weighted by molar-refractivity contribution is 7.89. The Morgan fingerprint density at radius 3 is 2.35 bits per heavy atom. The number of sulfonamides is 1. The summed E-state index contributed by atoms with van der Waals surface area (Å²) in [4.78, 5) is 16.1. The van der Waals surface area contributed by atoms with Crippen LogP contribution in [0.25, 0.3) is 0 Å². The lowest BCUT2D eigenvalue weighted by Crippen LogP contribution is -2.42. The number of aromatic amines is 1. The van der Waals surface area contributed by atoms with Crippen LogP contribution in [0.2, 0.25) is 0 Å². The summed E-state index contributed by atoms with van der Waals surface area (Å²) in [6.07, 6.45) is 2.61. The van der Waals surface area contributed by atoms with E-state index in [0.29, 0.717) is 18.6 Å². The van der Waals surface area contributed by atoms with Crippen LogP contribution in [0.4, 0.5) is 0 Å². The molecule has 7 heteroatoms. The predicted molar refractivity (Wildman–Crippen MR) is 79.2 cm³/mol. The Bertz CT molecular complexity index is 571. The molecule has 0 amide bonds. The molecule has 0 aliphatic carbocycles. The van der Waals surface area contributed by atoms with E-state index in [4.69, 9.17) is 0 Å². The minimum atomic E-state index is -3.76. The van der Waals surface area contributed by atoms with Crippen LogP contribution >= 0.6 is 0 Å². The van der Waals surface area contributed by atoms with Crippen molar-refractivity contribution < 1.29 is 8.42 Å². The van der Waals surface area contributed by atoms with Crippen molar-refractivity contribution in [2.45, 2.75) is 44.7 Å². The quantitative estimate of drug-likeness (QED) is 0.779. The lowest BCUT2D eigenvalue weighted by molar-refractivity contribution is 0.179. The number of hydrogen-bond donors (Lipinski definition) is 2. The van der Waals surface area contributed by atoms with Crippen molar-refractivity contribution in [2.75, 3.05) is 13.1 Å². The van der Waals surface area contributed by atoms with Gasteiger partial charge in [-0.1, -0.05) is 0 Å². The number of pyridine rings is 1. The molecule has 0 unspecified atom stereocenters. The van der Waals surface area contributed by atoms with E-state index in [-0.39, 0.29) is 11.4 Å². The molecule has 0 aliphatic heterocycles. The Labute approximate surface area is 120 Å². The maximum Gasteiger partial charge on any atom is 0.245 e. The predicted octanol–water partition coefficient (Wildman–Crippen LogP) is 0.772. The highest BCUT2D eigenvalue weighted by atomic mass is 32.2. The Morgan fingerprint density at radius 1 is 1.25 bits per heavy atom. The third kappa shape index (κ3) is 4.43. The second kappa shape index (κ2) is 7.01. The normalized spacial score (nSPS) is 12.6. The summed E-state index contributed by atoms with van der Waals surface area (Å²) in [5.74, 6) is 0. The third-order valence-electron chi connectivity index (χ3n) is 3.07. The Kier molecular flexibility index (Phi) is 5.91. The molecule has 0 spiro atoms. The molecule has 1 rings (SSSR count). The molecule has 1 heterocycles. The van der Waals surface area contributed by atoms with Gasteiger partial charge in [-0.05, 0) is 27.7 Å². The summed E-state index contributed by atoms with van der Waals surface area (Å²) in [5.41, 5.74) is -0.513. The van der Waals surface area contributed by atoms with Gasteiger partial charge in [-0.2, -0.15) is 0 Å². The van der Waals surface area contributed by atoms with Crippen LogP contribution in [0.3, 0.4) is 0 Å². The molecule has 6 nitrogen and oxygen atoms in total. The summed E-state index contributed by atoms with van der Waals surface area (Å²) in [6, 6.07) is 1.86. The first kappa shape index (κ1) is 16.9. The monoisotopic (exact) mass is 301 g/mol. The molecular weight excluding hydrogens is 278 g/mol. The smallest absolute Gasteiger partial charge is 0.245 e. The zero-order valence-corrected chi connectivity index (χ0v) is 13.2. The topological polar surface area (TPSA) is 82.3 Å². The Balaban J connectivity index is 2.70. The number of H-pyrrole nitrogens is 1. The minimum Gasteiger partial charge on any atom is -0.366 e. The van der Waals surface area contributed by atoms with Crippen molar-refractivity contribution in [3.8, 4) is 0 Å². The van der Waals surface area contributed by atoms with Crippen LogP contribution in [0.15, 0.2) is 28.2 Å². The standard InChI is InChI=1S/C13H23N3O3S/c1-10(2)16(11(3)4)8-7-15-20(18,19)13-9-14-6-5-12(13)17/h5-6,9-11,15H,7-8H2,1-4H3,(H,14,17). The first-order valence-electron chi connectivity index (χ1n) is 6.68. The van der Waals surface area contributed by atoms with Crippen LogP contribution in [0, 0.1) is 0 Å².